The monoisotopic (exact) mass is 880 g/mol. The van der Waals surface area contributed by atoms with Gasteiger partial charge in [-0.15, -0.1) is 0 Å². The molecule has 0 saturated heterocycles. The van der Waals surface area contributed by atoms with Gasteiger partial charge in [0.1, 0.15) is 0 Å². The normalized spacial score (nSPS) is 10.1. The Labute approximate surface area is 199 Å². The number of hydrogen-bond donors (Lipinski definition) is 0. The van der Waals surface area contributed by atoms with E-state index in [-0.39, 0.29) is 85.0 Å². The Morgan fingerprint density at radius 2 is 0.391 bits per heavy atom. The molecule has 0 spiro atoms. The van der Waals surface area contributed by atoms with Crippen LogP contribution in [0.2, 0.25) is 0 Å². The first-order valence-electron chi connectivity index (χ1n) is 2.47. The molecule has 0 aromatic heterocycles. The van der Waals surface area contributed by atoms with Crippen molar-refractivity contribution in [2.24, 2.45) is 0 Å². The molecule has 0 saturated carbocycles. The van der Waals surface area contributed by atoms with Crippen LogP contribution in [0.1, 0.15) is 0 Å². The van der Waals surface area contributed by atoms with Gasteiger partial charge >= 0.3 is 203 Å². The van der Waals surface area contributed by atoms with Crippen LogP contribution >= 0.6 is 0 Å². The molecule has 3 radical (unpaired) electrons. The number of rotatable bonds is 0. The van der Waals surface area contributed by atoms with Crippen molar-refractivity contribution >= 4 is 26.2 Å². The van der Waals surface area contributed by atoms with Crippen molar-refractivity contribution in [3.63, 3.8) is 0 Å². The Balaban J connectivity index is -0.0000000284. The molecule has 0 atom stereocenters. The third kappa shape index (κ3) is 1520. The third-order valence-electron chi connectivity index (χ3n) is 0. The Hall–Kier alpha value is 2.94. The van der Waals surface area contributed by atoms with Crippen molar-refractivity contribution in [3.05, 3.63) is 0 Å². The fraction of sp³-hybridized carbons (Fsp3) is 0. The van der Waals surface area contributed by atoms with E-state index in [1.165, 1.54) is 0 Å². The molecule has 0 aromatic rings. The summed E-state index contributed by atoms with van der Waals surface area (Å²) in [5.41, 5.74) is 0. The van der Waals surface area contributed by atoms with Crippen molar-refractivity contribution in [2.75, 3.05) is 0 Å². The summed E-state index contributed by atoms with van der Waals surface area (Å²) >= 11 is -22.5. The van der Waals surface area contributed by atoms with Crippen LogP contribution in [0.3, 0.4) is 0 Å². The van der Waals surface area contributed by atoms with Gasteiger partial charge in [0.2, 0.25) is 0 Å². The first-order valence-corrected chi connectivity index (χ1v) is 10.2. The van der Waals surface area contributed by atoms with Crippen LogP contribution < -0.4 is 33.5 Å². The molecule has 0 rings (SSSR count). The molecule has 0 aliphatic rings. The van der Waals surface area contributed by atoms with E-state index in [0.717, 1.165) is 0 Å². The third-order valence-corrected chi connectivity index (χ3v) is 0. The van der Waals surface area contributed by atoms with Gasteiger partial charge in [0, 0.05) is 0 Å². The Morgan fingerprint density at radius 3 is 0.391 bits per heavy atom. The SMILES string of the molecule is [Bi+3].[Ce+3].[Fe+2].[O]=[Mn](=[O])([O-])[O-].[O]=[Mn](=[O])([O-])[O-].[O]=[Mn](=[O])([O-])[O-].[O]=[Mn](=[O])([O-])[O-]. The van der Waals surface area contributed by atoms with E-state index in [4.69, 9.17) is 64.2 Å². The minimum atomic E-state index is -5.62. The molecule has 0 aliphatic heterocycles. The summed E-state index contributed by atoms with van der Waals surface area (Å²) < 4.78 is 137. The van der Waals surface area contributed by atoms with Crippen LogP contribution in [-0.2, 0) is 101 Å². The molecule has 23 heavy (non-hydrogen) atoms. The standard InChI is InChI=1S/Bi.Ce.Fe.4Mn.16O/q2*+3;+2;;;;;;;;;;;;;8*-1. The van der Waals surface area contributed by atoms with Crippen molar-refractivity contribution in [1.82, 2.24) is 0 Å². The number of hydrogen-bond acceptors (Lipinski definition) is 16. The molecule has 23 heteroatoms. The first kappa shape index (κ1) is 45.0. The fourth-order valence-electron chi connectivity index (χ4n) is 0. The Bertz CT molecular complexity index is 485. The molecule has 16 nitrogen and oxygen atoms in total. The molecule has 141 valence electrons. The topological polar surface area (TPSA) is 321 Å². The van der Waals surface area contributed by atoms with E-state index in [2.05, 4.69) is 0 Å². The molecule has 0 heterocycles. The van der Waals surface area contributed by atoms with Crippen molar-refractivity contribution in [3.8, 4) is 0 Å². The van der Waals surface area contributed by atoms with Crippen LogP contribution in [0, 0.1) is 41.7 Å². The van der Waals surface area contributed by atoms with Gasteiger partial charge in [-0.1, -0.05) is 0 Å². The predicted octanol–water partition coefficient (Wildman–Crippen LogP) is -10.9. The van der Waals surface area contributed by atoms with Gasteiger partial charge in [-0.3, -0.25) is 0 Å². The second kappa shape index (κ2) is 19.7. The summed E-state index contributed by atoms with van der Waals surface area (Å²) in [6.45, 7) is 0. The quantitative estimate of drug-likeness (QED) is 0.204. The van der Waals surface area contributed by atoms with Gasteiger partial charge in [-0.25, -0.2) is 0 Å². The summed E-state index contributed by atoms with van der Waals surface area (Å²) in [6.07, 6.45) is 0. The average Bonchev–Trinajstić information content (AvgIpc) is 1.62. The Morgan fingerprint density at radius 1 is 0.391 bits per heavy atom. The van der Waals surface area contributed by atoms with Crippen molar-refractivity contribution in [2.45, 2.75) is 0 Å². The van der Waals surface area contributed by atoms with Gasteiger partial charge in [0.25, 0.3) is 0 Å². The summed E-state index contributed by atoms with van der Waals surface area (Å²) in [7, 11) is 0. The predicted molar refractivity (Wildman–Crippen MR) is 11.2 cm³/mol. The second-order valence-corrected chi connectivity index (χ2v) is 6.23. The first-order chi connectivity index (χ1) is 8.00. The van der Waals surface area contributed by atoms with E-state index in [9.17, 15) is 0 Å². The van der Waals surface area contributed by atoms with E-state index < -0.39 is 53.5 Å². The van der Waals surface area contributed by atoms with Crippen LogP contribution in [0.25, 0.3) is 0 Å². The van der Waals surface area contributed by atoms with Gasteiger partial charge in [0.05, 0.1) is 0 Å². The fourth-order valence-corrected chi connectivity index (χ4v) is 0. The van der Waals surface area contributed by atoms with Gasteiger partial charge in [0.15, 0.2) is 0 Å². The molecular weight excluding hydrogens is 881 g/mol. The minimum absolute atomic E-state index is 0. The summed E-state index contributed by atoms with van der Waals surface area (Å²) in [4.78, 5) is 0. The maximum atomic E-state index is 8.58. The maximum absolute atomic E-state index is 8.58. The molecule has 0 aliphatic carbocycles. The van der Waals surface area contributed by atoms with Gasteiger partial charge < -0.3 is 0 Å². The molecule has 0 N–H and O–H groups in total. The zero-order valence-electron chi connectivity index (χ0n) is 9.34. The Kier molecular flexibility index (Phi) is 38.5. The van der Waals surface area contributed by atoms with Crippen LogP contribution in [0.4, 0.5) is 0 Å². The molecule has 0 aromatic carbocycles. The van der Waals surface area contributed by atoms with Crippen molar-refractivity contribution in [1.29, 1.82) is 0 Å². The van der Waals surface area contributed by atoms with Gasteiger partial charge in [-0.2, -0.15) is 0 Å². The van der Waals surface area contributed by atoms with Crippen molar-refractivity contribution < 1.29 is 176 Å². The zero-order valence-corrected chi connectivity index (χ0v) is 21.8. The van der Waals surface area contributed by atoms with Crippen LogP contribution in [0.15, 0.2) is 0 Å². The molecular formula is BiCeFeMn4O16. The molecule has 0 bridgehead atoms. The van der Waals surface area contributed by atoms with E-state index in [1.54, 1.807) is 0 Å². The summed E-state index contributed by atoms with van der Waals surface area (Å²) in [5.74, 6) is 0. The van der Waals surface area contributed by atoms with Gasteiger partial charge in [-0.05, 0) is 0 Å². The second-order valence-electron chi connectivity index (χ2n) is 1.51. The summed E-state index contributed by atoms with van der Waals surface area (Å²) in [6, 6.07) is 0. The molecule has 0 unspecified atom stereocenters. The molecule has 0 fully saturated rings. The van der Waals surface area contributed by atoms with E-state index in [1.807, 2.05) is 0 Å². The van der Waals surface area contributed by atoms with Crippen LogP contribution in [-0.4, -0.2) is 26.2 Å². The van der Waals surface area contributed by atoms with E-state index >= 15 is 0 Å². The summed E-state index contributed by atoms with van der Waals surface area (Å²) in [5, 5.41) is 0. The van der Waals surface area contributed by atoms with E-state index in [0.29, 0.717) is 0 Å². The molecule has 0 amide bonds. The average molecular weight is 881 g/mol. The zero-order chi connectivity index (χ0) is 18.0. The van der Waals surface area contributed by atoms with Crippen LogP contribution in [0.5, 0.6) is 0 Å².